The number of amides is 1. The van der Waals surface area contributed by atoms with Crippen LogP contribution in [0, 0.1) is 10.1 Å². The molecule has 0 aliphatic rings. The van der Waals surface area contributed by atoms with E-state index in [4.69, 9.17) is 9.47 Å². The van der Waals surface area contributed by atoms with Gasteiger partial charge in [-0.1, -0.05) is 0 Å². The average Bonchev–Trinajstić information content (AvgIpc) is 3.51. The molecule has 1 amide bonds. The molecule has 11 heteroatoms. The van der Waals surface area contributed by atoms with Gasteiger partial charge in [0.15, 0.2) is 0 Å². The molecule has 174 valence electrons. The number of non-ortho nitro benzene ring substituents is 1. The van der Waals surface area contributed by atoms with Gasteiger partial charge in [0.25, 0.3) is 11.6 Å². The van der Waals surface area contributed by atoms with Crippen molar-refractivity contribution in [2.75, 3.05) is 14.2 Å². The Balaban J connectivity index is 1.64. The van der Waals surface area contributed by atoms with Gasteiger partial charge in [0.05, 0.1) is 36.6 Å². The summed E-state index contributed by atoms with van der Waals surface area (Å²) >= 11 is 0. The number of carbonyl (C=O) groups excluding carboxylic acids is 1. The second-order valence-corrected chi connectivity index (χ2v) is 7.40. The van der Waals surface area contributed by atoms with Crippen LogP contribution in [0.15, 0.2) is 67.3 Å². The number of methoxy groups -OCH3 is 2. The van der Waals surface area contributed by atoms with Gasteiger partial charge >= 0.3 is 0 Å². The summed E-state index contributed by atoms with van der Waals surface area (Å²) in [6.07, 6.45) is 6.42. The molecule has 2 aromatic carbocycles. The lowest BCUT2D eigenvalue weighted by molar-refractivity contribution is -0.384. The highest BCUT2D eigenvalue weighted by Crippen LogP contribution is 2.29. The molecule has 11 nitrogen and oxygen atoms in total. The van der Waals surface area contributed by atoms with Crippen molar-refractivity contribution in [2.24, 2.45) is 7.05 Å². The van der Waals surface area contributed by atoms with Gasteiger partial charge in [0.1, 0.15) is 23.4 Å². The second-order valence-electron chi connectivity index (χ2n) is 7.40. The van der Waals surface area contributed by atoms with Crippen LogP contribution in [0.2, 0.25) is 0 Å². The smallest absolute Gasteiger partial charge is 0.269 e. The van der Waals surface area contributed by atoms with Gasteiger partial charge < -0.3 is 19.4 Å². The summed E-state index contributed by atoms with van der Waals surface area (Å²) in [4.78, 5) is 28.0. The highest BCUT2D eigenvalue weighted by atomic mass is 16.6. The van der Waals surface area contributed by atoms with Gasteiger partial charge in [0.2, 0.25) is 0 Å². The first-order valence-electron chi connectivity index (χ1n) is 10.2. The molecule has 1 unspecified atom stereocenters. The first-order valence-corrected chi connectivity index (χ1v) is 10.2. The van der Waals surface area contributed by atoms with Crippen molar-refractivity contribution in [1.29, 1.82) is 0 Å². The van der Waals surface area contributed by atoms with E-state index in [-0.39, 0.29) is 11.6 Å². The molecule has 1 N–H and O–H groups in total. The van der Waals surface area contributed by atoms with Crippen LogP contribution in [-0.4, -0.2) is 44.4 Å². The van der Waals surface area contributed by atoms with E-state index in [0.29, 0.717) is 28.6 Å². The maximum atomic E-state index is 13.2. The Morgan fingerprint density at radius 1 is 1.12 bits per heavy atom. The fraction of sp³-hybridized carbons (Fsp3) is 0.174. The minimum Gasteiger partial charge on any atom is -0.497 e. The zero-order chi connectivity index (χ0) is 24.2. The monoisotopic (exact) mass is 462 g/mol. The molecule has 0 aliphatic carbocycles. The van der Waals surface area contributed by atoms with E-state index in [9.17, 15) is 14.9 Å². The number of benzene rings is 2. The fourth-order valence-corrected chi connectivity index (χ4v) is 3.47. The summed E-state index contributed by atoms with van der Waals surface area (Å²) in [5, 5.41) is 18.1. The number of imidazole rings is 1. The summed E-state index contributed by atoms with van der Waals surface area (Å²) < 4.78 is 14.1. The Bertz CT molecular complexity index is 1310. The van der Waals surface area contributed by atoms with Crippen LogP contribution in [0.1, 0.15) is 27.8 Å². The third-order valence-electron chi connectivity index (χ3n) is 5.27. The van der Waals surface area contributed by atoms with Gasteiger partial charge in [-0.2, -0.15) is 5.10 Å². The van der Waals surface area contributed by atoms with Crippen molar-refractivity contribution in [3.63, 3.8) is 0 Å². The number of nitro groups is 1. The molecule has 0 saturated heterocycles. The molecule has 4 aromatic rings. The number of nitrogens with zero attached hydrogens (tertiary/aromatic N) is 5. The van der Waals surface area contributed by atoms with Crippen molar-refractivity contribution in [2.45, 2.75) is 6.04 Å². The highest BCUT2D eigenvalue weighted by Gasteiger charge is 2.24. The molecular formula is C23H22N6O5. The molecular weight excluding hydrogens is 440 g/mol. The van der Waals surface area contributed by atoms with Crippen LogP contribution in [0.3, 0.4) is 0 Å². The van der Waals surface area contributed by atoms with Gasteiger partial charge in [-0.3, -0.25) is 14.9 Å². The Morgan fingerprint density at radius 3 is 2.35 bits per heavy atom. The van der Waals surface area contributed by atoms with Crippen LogP contribution >= 0.6 is 0 Å². The highest BCUT2D eigenvalue weighted by molar-refractivity contribution is 5.94. The van der Waals surface area contributed by atoms with Crippen molar-refractivity contribution >= 4 is 11.6 Å². The number of ether oxygens (including phenoxy) is 2. The number of carbonyl (C=O) groups is 1. The number of nitro benzene ring substituents is 1. The second kappa shape index (κ2) is 9.45. The Kier molecular flexibility index (Phi) is 6.26. The van der Waals surface area contributed by atoms with E-state index in [0.717, 1.165) is 5.56 Å². The molecule has 34 heavy (non-hydrogen) atoms. The largest absolute Gasteiger partial charge is 0.497 e. The van der Waals surface area contributed by atoms with E-state index in [1.165, 1.54) is 23.0 Å². The zero-order valence-electron chi connectivity index (χ0n) is 18.7. The van der Waals surface area contributed by atoms with E-state index in [2.05, 4.69) is 15.4 Å². The summed E-state index contributed by atoms with van der Waals surface area (Å²) in [6, 6.07) is 10.6. The van der Waals surface area contributed by atoms with Gasteiger partial charge in [-0.15, -0.1) is 0 Å². The SMILES string of the molecule is COc1cc(OC)cc(C(NC(=O)c2cnn(-c3ccc([N+](=O)[O-])cc3)c2)c2nccn2C)c1. The van der Waals surface area contributed by atoms with Gasteiger partial charge in [-0.25, -0.2) is 9.67 Å². The van der Waals surface area contributed by atoms with Crippen LogP contribution in [0.4, 0.5) is 5.69 Å². The Labute approximate surface area is 194 Å². The van der Waals surface area contributed by atoms with Crippen molar-refractivity contribution in [3.8, 4) is 17.2 Å². The molecule has 4 rings (SSSR count). The van der Waals surface area contributed by atoms with Crippen LogP contribution in [0.25, 0.3) is 5.69 Å². The molecule has 1 atom stereocenters. The number of aromatic nitrogens is 4. The molecule has 0 bridgehead atoms. The number of aryl methyl sites for hydroxylation is 1. The number of nitrogens with one attached hydrogen (secondary N) is 1. The van der Waals surface area contributed by atoms with E-state index in [1.807, 2.05) is 23.7 Å². The molecule has 2 heterocycles. The quantitative estimate of drug-likeness (QED) is 0.315. The van der Waals surface area contributed by atoms with E-state index in [1.54, 1.807) is 51.0 Å². The maximum Gasteiger partial charge on any atom is 0.269 e. The van der Waals surface area contributed by atoms with E-state index >= 15 is 0 Å². The molecule has 0 radical (unpaired) electrons. The van der Waals surface area contributed by atoms with Crippen LogP contribution < -0.4 is 14.8 Å². The van der Waals surface area contributed by atoms with E-state index < -0.39 is 11.0 Å². The van der Waals surface area contributed by atoms with Crippen LogP contribution in [-0.2, 0) is 7.05 Å². The minimum atomic E-state index is -0.598. The standard InChI is InChI=1S/C23H22N6O5/c1-27-9-8-24-22(27)21(15-10-19(33-2)12-20(11-15)34-3)26-23(30)16-13-25-28(14-16)17-4-6-18(7-5-17)29(31)32/h4-14,21H,1-3H3,(H,26,30). The first kappa shape index (κ1) is 22.5. The Hall–Kier alpha value is -4.67. The maximum absolute atomic E-state index is 13.2. The third-order valence-corrected chi connectivity index (χ3v) is 5.27. The zero-order valence-corrected chi connectivity index (χ0v) is 18.7. The summed E-state index contributed by atoms with van der Waals surface area (Å²) in [6.45, 7) is 0. The summed E-state index contributed by atoms with van der Waals surface area (Å²) in [5.41, 5.74) is 1.59. The van der Waals surface area contributed by atoms with Crippen molar-refractivity contribution < 1.29 is 19.2 Å². The molecule has 0 saturated carbocycles. The summed E-state index contributed by atoms with van der Waals surface area (Å²) in [7, 11) is 4.95. The molecule has 0 aliphatic heterocycles. The predicted molar refractivity (Wildman–Crippen MR) is 122 cm³/mol. The summed E-state index contributed by atoms with van der Waals surface area (Å²) in [5.74, 6) is 1.40. The first-order chi connectivity index (χ1) is 16.4. The molecule has 2 aromatic heterocycles. The minimum absolute atomic E-state index is 0.0273. The molecule has 0 fully saturated rings. The molecule has 0 spiro atoms. The number of hydrogen-bond donors (Lipinski definition) is 1. The van der Waals surface area contributed by atoms with Crippen molar-refractivity contribution in [3.05, 3.63) is 94.3 Å². The topological polar surface area (TPSA) is 126 Å². The van der Waals surface area contributed by atoms with Gasteiger partial charge in [-0.05, 0) is 29.8 Å². The third kappa shape index (κ3) is 4.58. The average molecular weight is 462 g/mol. The van der Waals surface area contributed by atoms with Crippen LogP contribution in [0.5, 0.6) is 11.5 Å². The Morgan fingerprint density at radius 2 is 1.79 bits per heavy atom. The lowest BCUT2D eigenvalue weighted by atomic mass is 10.0. The predicted octanol–water partition coefficient (Wildman–Crippen LogP) is 3.05. The number of hydrogen-bond acceptors (Lipinski definition) is 7. The van der Waals surface area contributed by atoms with Gasteiger partial charge in [0, 0.05) is 43.8 Å². The van der Waals surface area contributed by atoms with Crippen molar-refractivity contribution in [1.82, 2.24) is 24.6 Å². The lowest BCUT2D eigenvalue weighted by Gasteiger charge is -2.20. The normalized spacial score (nSPS) is 11.6. The lowest BCUT2D eigenvalue weighted by Crippen LogP contribution is -2.31. The fourth-order valence-electron chi connectivity index (χ4n) is 3.47. The number of rotatable bonds is 8.